The standard InChI is InChI=1S/C8H13BrOSi/c1-6-5-7(10-8(6)9)11(2,3)4/h5H,1-4H3. The highest BCUT2D eigenvalue weighted by Crippen LogP contribution is 2.17. The van der Waals surface area contributed by atoms with Crippen LogP contribution in [-0.4, -0.2) is 8.07 Å². The van der Waals surface area contributed by atoms with E-state index in [0.717, 1.165) is 4.67 Å². The van der Waals surface area contributed by atoms with Gasteiger partial charge < -0.3 is 4.42 Å². The van der Waals surface area contributed by atoms with Crippen molar-refractivity contribution in [3.8, 4) is 0 Å². The number of hydrogen-bond acceptors (Lipinski definition) is 1. The van der Waals surface area contributed by atoms with Crippen LogP contribution in [0, 0.1) is 6.92 Å². The fourth-order valence-corrected chi connectivity index (χ4v) is 2.33. The summed E-state index contributed by atoms with van der Waals surface area (Å²) in [4.78, 5) is 0. The summed E-state index contributed by atoms with van der Waals surface area (Å²) in [5.74, 6) is 0. The molecule has 1 aromatic heterocycles. The van der Waals surface area contributed by atoms with E-state index >= 15 is 0 Å². The molecule has 0 saturated heterocycles. The van der Waals surface area contributed by atoms with E-state index in [0.29, 0.717) is 0 Å². The molecule has 0 aromatic carbocycles. The van der Waals surface area contributed by atoms with Gasteiger partial charge in [0.25, 0.3) is 0 Å². The largest absolute Gasteiger partial charge is 0.459 e. The van der Waals surface area contributed by atoms with E-state index in [1.165, 1.54) is 10.9 Å². The molecule has 62 valence electrons. The van der Waals surface area contributed by atoms with Crippen molar-refractivity contribution in [3.05, 3.63) is 16.3 Å². The summed E-state index contributed by atoms with van der Waals surface area (Å²) < 4.78 is 6.44. The SMILES string of the molecule is Cc1cc([Si](C)(C)C)oc1Br. The van der Waals surface area contributed by atoms with E-state index in [1.807, 2.05) is 0 Å². The first-order chi connectivity index (χ1) is 4.91. The monoisotopic (exact) mass is 232 g/mol. The third-order valence-electron chi connectivity index (χ3n) is 1.60. The Bertz CT molecular complexity index is 240. The lowest BCUT2D eigenvalue weighted by molar-refractivity contribution is 0.567. The van der Waals surface area contributed by atoms with Crippen molar-refractivity contribution in [2.75, 3.05) is 0 Å². The number of halogens is 1. The molecule has 0 N–H and O–H groups in total. The molecule has 11 heavy (non-hydrogen) atoms. The Kier molecular flexibility index (Phi) is 2.30. The second-order valence-electron chi connectivity index (χ2n) is 3.82. The van der Waals surface area contributed by atoms with Crippen LogP contribution in [0.3, 0.4) is 0 Å². The summed E-state index contributed by atoms with van der Waals surface area (Å²) in [5, 5.41) is 1.17. The number of rotatable bonds is 1. The second-order valence-corrected chi connectivity index (χ2v) is 9.53. The third-order valence-corrected chi connectivity index (χ3v) is 4.11. The Morgan fingerprint density at radius 1 is 1.36 bits per heavy atom. The second kappa shape index (κ2) is 2.79. The lowest BCUT2D eigenvalue weighted by Crippen LogP contribution is -2.36. The van der Waals surface area contributed by atoms with Crippen LogP contribution in [0.5, 0.6) is 0 Å². The van der Waals surface area contributed by atoms with E-state index in [4.69, 9.17) is 4.42 Å². The lowest BCUT2D eigenvalue weighted by Gasteiger charge is -2.10. The molecule has 0 aliphatic carbocycles. The minimum absolute atomic E-state index is 0.884. The maximum absolute atomic E-state index is 5.56. The highest BCUT2D eigenvalue weighted by Gasteiger charge is 2.21. The van der Waals surface area contributed by atoms with Crippen LogP contribution in [0.15, 0.2) is 15.2 Å². The molecule has 0 unspecified atom stereocenters. The van der Waals surface area contributed by atoms with E-state index in [-0.39, 0.29) is 0 Å². The molecule has 3 heteroatoms. The Balaban J connectivity index is 3.08. The van der Waals surface area contributed by atoms with Crippen molar-refractivity contribution in [3.63, 3.8) is 0 Å². The van der Waals surface area contributed by atoms with Crippen molar-refractivity contribution in [2.45, 2.75) is 26.6 Å². The average molecular weight is 233 g/mol. The summed E-state index contributed by atoms with van der Waals surface area (Å²) in [6.45, 7) is 8.88. The van der Waals surface area contributed by atoms with Crippen LogP contribution in [-0.2, 0) is 0 Å². The van der Waals surface area contributed by atoms with Crippen molar-refractivity contribution < 1.29 is 4.42 Å². The maximum Gasteiger partial charge on any atom is 0.171 e. The lowest BCUT2D eigenvalue weighted by atomic mass is 10.4. The quantitative estimate of drug-likeness (QED) is 0.680. The first-order valence-electron chi connectivity index (χ1n) is 3.67. The van der Waals surface area contributed by atoms with Crippen molar-refractivity contribution in [1.82, 2.24) is 0 Å². The topological polar surface area (TPSA) is 13.1 Å². The van der Waals surface area contributed by atoms with Gasteiger partial charge >= 0.3 is 0 Å². The fourth-order valence-electron chi connectivity index (χ4n) is 0.829. The van der Waals surface area contributed by atoms with Gasteiger partial charge in [-0.15, -0.1) is 0 Å². The number of furan rings is 1. The van der Waals surface area contributed by atoms with Crippen LogP contribution < -0.4 is 5.38 Å². The minimum atomic E-state index is -1.24. The van der Waals surface area contributed by atoms with E-state index in [9.17, 15) is 0 Å². The molecule has 0 aliphatic heterocycles. The molecular weight excluding hydrogens is 220 g/mol. The Hall–Kier alpha value is -0.0231. The van der Waals surface area contributed by atoms with Gasteiger partial charge in [-0.3, -0.25) is 0 Å². The fraction of sp³-hybridized carbons (Fsp3) is 0.500. The van der Waals surface area contributed by atoms with Crippen LogP contribution >= 0.6 is 15.9 Å². The maximum atomic E-state index is 5.56. The van der Waals surface area contributed by atoms with Crippen LogP contribution in [0.25, 0.3) is 0 Å². The van der Waals surface area contributed by atoms with Crippen LogP contribution in [0.1, 0.15) is 5.56 Å². The minimum Gasteiger partial charge on any atom is -0.459 e. The molecule has 0 atom stereocenters. The van der Waals surface area contributed by atoms with E-state index in [1.54, 1.807) is 0 Å². The van der Waals surface area contributed by atoms with Crippen molar-refractivity contribution in [2.24, 2.45) is 0 Å². The van der Waals surface area contributed by atoms with Gasteiger partial charge in [0.15, 0.2) is 4.67 Å². The summed E-state index contributed by atoms with van der Waals surface area (Å²) in [6.07, 6.45) is 0. The molecule has 0 bridgehead atoms. The van der Waals surface area contributed by atoms with E-state index < -0.39 is 8.07 Å². The molecular formula is C8H13BrOSi. The first-order valence-corrected chi connectivity index (χ1v) is 7.97. The summed E-state index contributed by atoms with van der Waals surface area (Å²) in [5.41, 5.74) is 1.20. The summed E-state index contributed by atoms with van der Waals surface area (Å²) in [7, 11) is -1.24. The number of aryl methyl sites for hydroxylation is 1. The molecule has 1 nitrogen and oxygen atoms in total. The van der Waals surface area contributed by atoms with E-state index in [2.05, 4.69) is 48.6 Å². The van der Waals surface area contributed by atoms with Crippen LogP contribution in [0.2, 0.25) is 19.6 Å². The van der Waals surface area contributed by atoms with Crippen molar-refractivity contribution >= 4 is 29.4 Å². The van der Waals surface area contributed by atoms with Crippen molar-refractivity contribution in [1.29, 1.82) is 0 Å². The van der Waals surface area contributed by atoms with Gasteiger partial charge in [-0.1, -0.05) is 19.6 Å². The molecule has 0 aliphatic rings. The molecule has 1 aromatic rings. The zero-order chi connectivity index (χ0) is 8.65. The van der Waals surface area contributed by atoms with Gasteiger partial charge in [-0.05, 0) is 28.9 Å². The smallest absolute Gasteiger partial charge is 0.171 e. The summed E-state index contributed by atoms with van der Waals surface area (Å²) in [6, 6.07) is 2.14. The predicted octanol–water partition coefficient (Wildman–Crippen LogP) is 2.90. The van der Waals surface area contributed by atoms with Crippen LogP contribution in [0.4, 0.5) is 0 Å². The third kappa shape index (κ3) is 1.96. The van der Waals surface area contributed by atoms with Gasteiger partial charge in [-0.25, -0.2) is 0 Å². The molecule has 1 rings (SSSR count). The Morgan fingerprint density at radius 3 is 2.09 bits per heavy atom. The number of hydrogen-bond donors (Lipinski definition) is 0. The predicted molar refractivity (Wildman–Crippen MR) is 54.1 cm³/mol. The van der Waals surface area contributed by atoms with Gasteiger partial charge in [0.2, 0.25) is 0 Å². The van der Waals surface area contributed by atoms with Gasteiger partial charge in [0.05, 0.1) is 5.38 Å². The Morgan fingerprint density at radius 2 is 1.91 bits per heavy atom. The highest BCUT2D eigenvalue weighted by atomic mass is 79.9. The molecule has 0 radical (unpaired) electrons. The van der Waals surface area contributed by atoms with Gasteiger partial charge in [0, 0.05) is 5.56 Å². The average Bonchev–Trinajstić information content (AvgIpc) is 2.11. The molecule has 0 saturated carbocycles. The normalized spacial score (nSPS) is 12.1. The molecule has 0 fully saturated rings. The highest BCUT2D eigenvalue weighted by molar-refractivity contribution is 9.10. The summed E-state index contributed by atoms with van der Waals surface area (Å²) >= 11 is 3.36. The zero-order valence-corrected chi connectivity index (χ0v) is 9.95. The molecule has 0 amide bonds. The first kappa shape index (κ1) is 9.07. The zero-order valence-electron chi connectivity index (χ0n) is 7.36. The molecule has 1 heterocycles. The van der Waals surface area contributed by atoms with Gasteiger partial charge in [-0.2, -0.15) is 0 Å². The molecule has 0 spiro atoms. The van der Waals surface area contributed by atoms with Gasteiger partial charge in [0.1, 0.15) is 8.07 Å². The Labute approximate surface area is 76.9 Å².